The molecular formula is C16H26N2O2S. The van der Waals surface area contributed by atoms with E-state index in [-0.39, 0.29) is 6.42 Å². The van der Waals surface area contributed by atoms with Crippen LogP contribution < -0.4 is 0 Å². The van der Waals surface area contributed by atoms with E-state index in [0.717, 1.165) is 22.1 Å². The van der Waals surface area contributed by atoms with Gasteiger partial charge in [0.15, 0.2) is 0 Å². The molecule has 1 heterocycles. The number of aliphatic carboxylic acids is 1. The molecule has 0 spiro atoms. The molecule has 118 valence electrons. The molecule has 2 rings (SSSR count). The molecule has 4 nitrogen and oxygen atoms in total. The van der Waals surface area contributed by atoms with Crippen LogP contribution in [-0.2, 0) is 11.2 Å². The van der Waals surface area contributed by atoms with E-state index in [4.69, 9.17) is 5.11 Å². The number of thiazole rings is 1. The van der Waals surface area contributed by atoms with E-state index in [0.29, 0.717) is 12.0 Å². The van der Waals surface area contributed by atoms with Crippen LogP contribution in [0.1, 0.15) is 60.5 Å². The number of hydrogen-bond acceptors (Lipinski definition) is 4. The van der Waals surface area contributed by atoms with Crippen LogP contribution >= 0.6 is 11.3 Å². The molecular weight excluding hydrogens is 284 g/mol. The lowest BCUT2D eigenvalue weighted by Crippen LogP contribution is -2.35. The van der Waals surface area contributed by atoms with Crippen molar-refractivity contribution >= 4 is 17.3 Å². The summed E-state index contributed by atoms with van der Waals surface area (Å²) in [5.74, 6) is -0.413. The van der Waals surface area contributed by atoms with Gasteiger partial charge in [0.2, 0.25) is 0 Å². The summed E-state index contributed by atoms with van der Waals surface area (Å²) in [5.41, 5.74) is 0.879. The molecule has 0 aliphatic heterocycles. The van der Waals surface area contributed by atoms with Crippen molar-refractivity contribution < 1.29 is 9.90 Å². The monoisotopic (exact) mass is 310 g/mol. The zero-order valence-corrected chi connectivity index (χ0v) is 14.1. The van der Waals surface area contributed by atoms with Crippen molar-refractivity contribution in [3.63, 3.8) is 0 Å². The average molecular weight is 310 g/mol. The smallest absolute Gasteiger partial charge is 0.308 e. The van der Waals surface area contributed by atoms with Crippen molar-refractivity contribution in [1.29, 1.82) is 0 Å². The van der Waals surface area contributed by atoms with Crippen LogP contribution in [0.5, 0.6) is 0 Å². The normalized spacial score (nSPS) is 18.1. The Morgan fingerprint density at radius 3 is 2.71 bits per heavy atom. The highest BCUT2D eigenvalue weighted by molar-refractivity contribution is 7.11. The zero-order valence-electron chi connectivity index (χ0n) is 13.3. The highest BCUT2D eigenvalue weighted by Gasteiger charge is 2.22. The number of carboxylic acid groups (broad SMARTS) is 1. The minimum absolute atomic E-state index is 0.0919. The Balaban J connectivity index is 1.96. The molecule has 0 bridgehead atoms. The molecule has 0 radical (unpaired) electrons. The highest BCUT2D eigenvalue weighted by atomic mass is 32.1. The first-order chi connectivity index (χ1) is 9.97. The Morgan fingerprint density at radius 2 is 2.10 bits per heavy atom. The Labute approximate surface area is 131 Å². The molecule has 1 aromatic heterocycles. The van der Waals surface area contributed by atoms with E-state index in [1.54, 1.807) is 11.3 Å². The van der Waals surface area contributed by atoms with Crippen molar-refractivity contribution in [1.82, 2.24) is 9.88 Å². The Kier molecular flexibility index (Phi) is 5.76. The number of carbonyl (C=O) groups is 1. The van der Waals surface area contributed by atoms with E-state index in [2.05, 4.69) is 23.9 Å². The molecule has 1 N–H and O–H groups in total. The third-order valence-corrected chi connectivity index (χ3v) is 5.79. The minimum atomic E-state index is -0.778. The second kappa shape index (κ2) is 7.36. The fourth-order valence-electron chi connectivity index (χ4n) is 3.14. The summed E-state index contributed by atoms with van der Waals surface area (Å²) in [4.78, 5) is 18.8. The van der Waals surface area contributed by atoms with Crippen LogP contribution in [0, 0.1) is 6.92 Å². The van der Waals surface area contributed by atoms with Crippen molar-refractivity contribution in [2.45, 2.75) is 64.3 Å². The van der Waals surface area contributed by atoms with E-state index >= 15 is 0 Å². The molecule has 1 fully saturated rings. The van der Waals surface area contributed by atoms with Gasteiger partial charge in [0, 0.05) is 23.4 Å². The van der Waals surface area contributed by atoms with Crippen molar-refractivity contribution in [3.8, 4) is 0 Å². The number of aromatic nitrogens is 1. The molecule has 0 saturated heterocycles. The van der Waals surface area contributed by atoms with Gasteiger partial charge in [-0.3, -0.25) is 4.79 Å². The lowest BCUT2D eigenvalue weighted by molar-refractivity contribution is -0.136. The number of hydrogen-bond donors (Lipinski definition) is 1. The maximum Gasteiger partial charge on any atom is 0.308 e. The summed E-state index contributed by atoms with van der Waals surface area (Å²) in [7, 11) is 2.21. The van der Waals surface area contributed by atoms with Crippen LogP contribution in [0.2, 0.25) is 0 Å². The predicted molar refractivity (Wildman–Crippen MR) is 86.1 cm³/mol. The van der Waals surface area contributed by atoms with Crippen LogP contribution in [0.4, 0.5) is 0 Å². The lowest BCUT2D eigenvalue weighted by Gasteiger charge is -2.32. The van der Waals surface area contributed by atoms with Crippen molar-refractivity contribution in [3.05, 3.63) is 15.6 Å². The second-order valence-corrected chi connectivity index (χ2v) is 7.38. The molecule has 1 atom stereocenters. The molecule has 1 aliphatic rings. The quantitative estimate of drug-likeness (QED) is 0.874. The molecule has 1 saturated carbocycles. The SMILES string of the molecule is Cc1nc(C(C)CN(C)C2CCCCC2)sc1CC(=O)O. The Morgan fingerprint density at radius 1 is 1.43 bits per heavy atom. The molecule has 0 amide bonds. The molecule has 1 aromatic rings. The molecule has 5 heteroatoms. The Bertz CT molecular complexity index is 481. The summed E-state index contributed by atoms with van der Waals surface area (Å²) >= 11 is 1.57. The first-order valence-corrected chi connectivity index (χ1v) is 8.67. The molecule has 1 unspecified atom stereocenters. The van der Waals surface area contributed by atoms with E-state index < -0.39 is 5.97 Å². The zero-order chi connectivity index (χ0) is 15.4. The number of likely N-dealkylation sites (N-methyl/N-ethyl adjacent to an activating group) is 1. The Hall–Kier alpha value is -0.940. The van der Waals surface area contributed by atoms with Gasteiger partial charge in [0.05, 0.1) is 17.1 Å². The number of aryl methyl sites for hydroxylation is 1. The third kappa shape index (κ3) is 4.51. The standard InChI is InChI=1S/C16H26N2O2S/c1-11(10-18(3)13-7-5-4-6-8-13)16-17-12(2)14(21-16)9-15(19)20/h11,13H,4-10H2,1-3H3,(H,19,20). The fraction of sp³-hybridized carbons (Fsp3) is 0.750. The topological polar surface area (TPSA) is 53.4 Å². The lowest BCUT2D eigenvalue weighted by atomic mass is 9.94. The van der Waals surface area contributed by atoms with E-state index in [1.807, 2.05) is 6.92 Å². The van der Waals surface area contributed by atoms with E-state index in [1.165, 1.54) is 32.1 Å². The van der Waals surface area contributed by atoms with Crippen LogP contribution in [-0.4, -0.2) is 40.6 Å². The predicted octanol–water partition coefficient (Wildman–Crippen LogP) is 3.45. The first kappa shape index (κ1) is 16.4. The van der Waals surface area contributed by atoms with Gasteiger partial charge >= 0.3 is 5.97 Å². The van der Waals surface area contributed by atoms with Gasteiger partial charge in [-0.2, -0.15) is 0 Å². The summed E-state index contributed by atoms with van der Waals surface area (Å²) in [5, 5.41) is 10.0. The molecule has 21 heavy (non-hydrogen) atoms. The van der Waals surface area contributed by atoms with Gasteiger partial charge in [-0.1, -0.05) is 26.2 Å². The van der Waals surface area contributed by atoms with Gasteiger partial charge in [0.1, 0.15) is 0 Å². The maximum absolute atomic E-state index is 10.9. The average Bonchev–Trinajstić information content (AvgIpc) is 2.80. The summed E-state index contributed by atoms with van der Waals surface area (Å²) in [6.45, 7) is 5.11. The van der Waals surface area contributed by atoms with Crippen molar-refractivity contribution in [2.75, 3.05) is 13.6 Å². The van der Waals surface area contributed by atoms with E-state index in [9.17, 15) is 4.79 Å². The molecule has 1 aliphatic carbocycles. The van der Waals surface area contributed by atoms with Gasteiger partial charge < -0.3 is 10.0 Å². The third-order valence-electron chi connectivity index (χ3n) is 4.40. The fourth-order valence-corrected chi connectivity index (χ4v) is 4.24. The highest BCUT2D eigenvalue weighted by Crippen LogP contribution is 2.28. The second-order valence-electron chi connectivity index (χ2n) is 6.26. The van der Waals surface area contributed by atoms with Gasteiger partial charge in [0.25, 0.3) is 0 Å². The van der Waals surface area contributed by atoms with Crippen LogP contribution in [0.3, 0.4) is 0 Å². The summed E-state index contributed by atoms with van der Waals surface area (Å²) in [6, 6.07) is 0.709. The van der Waals surface area contributed by atoms with Gasteiger partial charge in [-0.15, -0.1) is 11.3 Å². The first-order valence-electron chi connectivity index (χ1n) is 7.85. The summed E-state index contributed by atoms with van der Waals surface area (Å²) < 4.78 is 0. The van der Waals surface area contributed by atoms with Crippen molar-refractivity contribution in [2.24, 2.45) is 0 Å². The number of carboxylic acids is 1. The van der Waals surface area contributed by atoms with Crippen LogP contribution in [0.25, 0.3) is 0 Å². The largest absolute Gasteiger partial charge is 0.481 e. The molecule has 0 aromatic carbocycles. The number of rotatable bonds is 6. The number of nitrogens with zero attached hydrogens (tertiary/aromatic N) is 2. The van der Waals surface area contributed by atoms with Gasteiger partial charge in [-0.05, 0) is 26.8 Å². The maximum atomic E-state index is 10.9. The van der Waals surface area contributed by atoms with Crippen LogP contribution in [0.15, 0.2) is 0 Å². The summed E-state index contributed by atoms with van der Waals surface area (Å²) in [6.07, 6.45) is 6.79. The van der Waals surface area contributed by atoms with Gasteiger partial charge in [-0.25, -0.2) is 4.98 Å². The minimum Gasteiger partial charge on any atom is -0.481 e.